The Balaban J connectivity index is 2.04. The molecule has 1 atom stereocenters. The van der Waals surface area contributed by atoms with Crippen molar-refractivity contribution in [1.82, 2.24) is 0 Å². The third kappa shape index (κ3) is 4.38. The molecule has 0 aromatic heterocycles. The van der Waals surface area contributed by atoms with Crippen molar-refractivity contribution in [3.8, 4) is 11.5 Å². The van der Waals surface area contributed by atoms with Gasteiger partial charge in [-0.1, -0.05) is 12.1 Å². The first kappa shape index (κ1) is 17.6. The monoisotopic (exact) mass is 332 g/mol. The second-order valence-electron chi connectivity index (χ2n) is 5.13. The molecule has 2 aromatic rings. The number of methoxy groups -OCH3 is 1. The molecule has 0 aliphatic rings. The van der Waals surface area contributed by atoms with E-state index in [-0.39, 0.29) is 11.6 Å². The molecule has 0 aliphatic heterocycles. The summed E-state index contributed by atoms with van der Waals surface area (Å²) in [7, 11) is 1.55. The maximum absolute atomic E-state index is 13.6. The average Bonchev–Trinajstić information content (AvgIpc) is 2.58. The zero-order chi connectivity index (χ0) is 17.5. The van der Waals surface area contributed by atoms with E-state index in [0.29, 0.717) is 23.8 Å². The minimum Gasteiger partial charge on any atom is -0.493 e. The van der Waals surface area contributed by atoms with Crippen LogP contribution in [-0.4, -0.2) is 25.7 Å². The average molecular weight is 332 g/mol. The molecule has 0 fully saturated rings. The Labute approximate surface area is 140 Å². The summed E-state index contributed by atoms with van der Waals surface area (Å²) in [6.45, 7) is 4.12. The molecule has 0 aliphatic carbocycles. The lowest BCUT2D eigenvalue weighted by Gasteiger charge is -2.17. The molecule has 1 amide bonds. The van der Waals surface area contributed by atoms with Crippen LogP contribution in [0.1, 0.15) is 13.8 Å². The summed E-state index contributed by atoms with van der Waals surface area (Å²) in [6, 6.07) is 10.8. The van der Waals surface area contributed by atoms with Crippen molar-refractivity contribution >= 4 is 17.3 Å². The van der Waals surface area contributed by atoms with Gasteiger partial charge in [0.2, 0.25) is 5.91 Å². The molecule has 0 bridgehead atoms. The summed E-state index contributed by atoms with van der Waals surface area (Å²) in [5.41, 5.74) is 0.854. The summed E-state index contributed by atoms with van der Waals surface area (Å²) in [4.78, 5) is 12.2. The van der Waals surface area contributed by atoms with Crippen LogP contribution in [0.4, 0.5) is 15.8 Å². The van der Waals surface area contributed by atoms with Crippen LogP contribution in [0.5, 0.6) is 11.5 Å². The molecule has 0 unspecified atom stereocenters. The number of carbonyl (C=O) groups excluding carboxylic acids is 1. The van der Waals surface area contributed by atoms with Crippen LogP contribution in [0.2, 0.25) is 0 Å². The van der Waals surface area contributed by atoms with E-state index in [4.69, 9.17) is 9.47 Å². The van der Waals surface area contributed by atoms with Crippen molar-refractivity contribution in [2.45, 2.75) is 19.9 Å². The number of amides is 1. The Morgan fingerprint density at radius 3 is 2.62 bits per heavy atom. The fraction of sp³-hybridized carbons (Fsp3) is 0.278. The van der Waals surface area contributed by atoms with Crippen LogP contribution in [0.25, 0.3) is 0 Å². The molecule has 2 rings (SSSR count). The van der Waals surface area contributed by atoms with Crippen LogP contribution < -0.4 is 20.1 Å². The van der Waals surface area contributed by atoms with E-state index in [1.54, 1.807) is 44.4 Å². The number of nitrogens with one attached hydrogen (secondary N) is 2. The molecule has 2 aromatic carbocycles. The zero-order valence-corrected chi connectivity index (χ0v) is 13.9. The number of benzene rings is 2. The van der Waals surface area contributed by atoms with Gasteiger partial charge in [-0.05, 0) is 38.1 Å². The molecule has 0 saturated carbocycles. The van der Waals surface area contributed by atoms with Gasteiger partial charge in [-0.2, -0.15) is 0 Å². The van der Waals surface area contributed by atoms with E-state index in [1.165, 1.54) is 12.1 Å². The molecule has 6 heteroatoms. The van der Waals surface area contributed by atoms with Crippen LogP contribution in [0.15, 0.2) is 42.5 Å². The minimum absolute atomic E-state index is 0.153. The molecule has 0 saturated heterocycles. The van der Waals surface area contributed by atoms with Crippen molar-refractivity contribution < 1.29 is 18.7 Å². The van der Waals surface area contributed by atoms with Crippen LogP contribution in [-0.2, 0) is 4.79 Å². The lowest BCUT2D eigenvalue weighted by atomic mass is 10.2. The molecule has 2 N–H and O–H groups in total. The number of carbonyl (C=O) groups is 1. The van der Waals surface area contributed by atoms with E-state index >= 15 is 0 Å². The third-order valence-corrected chi connectivity index (χ3v) is 3.37. The number of hydrogen-bond acceptors (Lipinski definition) is 4. The predicted molar refractivity (Wildman–Crippen MR) is 92.3 cm³/mol. The van der Waals surface area contributed by atoms with Gasteiger partial charge in [0, 0.05) is 11.8 Å². The second-order valence-corrected chi connectivity index (χ2v) is 5.13. The standard InChI is InChI=1S/C18H21FN2O3/c1-4-24-16-10-9-13(11-17(16)23-3)20-12(2)18(22)21-15-8-6-5-7-14(15)19/h5-12,20H,4H2,1-3H3,(H,21,22)/t12-/m0/s1. The summed E-state index contributed by atoms with van der Waals surface area (Å²) in [5.74, 6) is 0.395. The van der Waals surface area contributed by atoms with Gasteiger partial charge < -0.3 is 20.1 Å². The molecular formula is C18H21FN2O3. The summed E-state index contributed by atoms with van der Waals surface area (Å²) in [6.07, 6.45) is 0. The minimum atomic E-state index is -0.563. The molecule has 0 radical (unpaired) electrons. The van der Waals surface area contributed by atoms with Gasteiger partial charge in [0.15, 0.2) is 11.5 Å². The summed E-state index contributed by atoms with van der Waals surface area (Å²) < 4.78 is 24.3. The third-order valence-electron chi connectivity index (χ3n) is 3.37. The van der Waals surface area contributed by atoms with Crippen molar-refractivity contribution in [2.75, 3.05) is 24.4 Å². The maximum atomic E-state index is 13.6. The van der Waals surface area contributed by atoms with E-state index in [2.05, 4.69) is 10.6 Å². The quantitative estimate of drug-likeness (QED) is 0.812. The number of para-hydroxylation sites is 1. The van der Waals surface area contributed by atoms with Crippen molar-refractivity contribution in [3.63, 3.8) is 0 Å². The van der Waals surface area contributed by atoms with Crippen molar-refractivity contribution in [1.29, 1.82) is 0 Å². The molecule has 0 heterocycles. The SMILES string of the molecule is CCOc1ccc(N[C@@H](C)C(=O)Nc2ccccc2F)cc1OC. The lowest BCUT2D eigenvalue weighted by Crippen LogP contribution is -2.32. The van der Waals surface area contributed by atoms with E-state index < -0.39 is 11.9 Å². The topological polar surface area (TPSA) is 59.6 Å². The van der Waals surface area contributed by atoms with Gasteiger partial charge in [0.25, 0.3) is 0 Å². The van der Waals surface area contributed by atoms with Gasteiger partial charge in [-0.3, -0.25) is 4.79 Å². The maximum Gasteiger partial charge on any atom is 0.246 e. The van der Waals surface area contributed by atoms with Crippen LogP contribution >= 0.6 is 0 Å². The smallest absolute Gasteiger partial charge is 0.246 e. The normalized spacial score (nSPS) is 11.5. The molecule has 0 spiro atoms. The molecule has 128 valence electrons. The van der Waals surface area contributed by atoms with Crippen molar-refractivity contribution in [2.24, 2.45) is 0 Å². The number of rotatable bonds is 7. The first-order chi connectivity index (χ1) is 11.5. The van der Waals surface area contributed by atoms with Gasteiger partial charge >= 0.3 is 0 Å². The van der Waals surface area contributed by atoms with Gasteiger partial charge in [-0.15, -0.1) is 0 Å². The summed E-state index contributed by atoms with van der Waals surface area (Å²) in [5, 5.41) is 5.61. The first-order valence-electron chi connectivity index (χ1n) is 7.68. The predicted octanol–water partition coefficient (Wildman–Crippen LogP) is 3.67. The second kappa shape index (κ2) is 8.19. The van der Waals surface area contributed by atoms with Crippen molar-refractivity contribution in [3.05, 3.63) is 48.3 Å². The Morgan fingerprint density at radius 2 is 1.96 bits per heavy atom. The number of anilines is 2. The van der Waals surface area contributed by atoms with E-state index in [9.17, 15) is 9.18 Å². The van der Waals surface area contributed by atoms with Gasteiger partial charge in [0.1, 0.15) is 11.9 Å². The molecule has 24 heavy (non-hydrogen) atoms. The molecular weight excluding hydrogens is 311 g/mol. The van der Waals surface area contributed by atoms with Crippen LogP contribution in [0.3, 0.4) is 0 Å². The lowest BCUT2D eigenvalue weighted by molar-refractivity contribution is -0.116. The largest absolute Gasteiger partial charge is 0.493 e. The highest BCUT2D eigenvalue weighted by molar-refractivity contribution is 5.96. The Kier molecular flexibility index (Phi) is 6.01. The fourth-order valence-electron chi connectivity index (χ4n) is 2.15. The highest BCUT2D eigenvalue weighted by atomic mass is 19.1. The highest BCUT2D eigenvalue weighted by Gasteiger charge is 2.15. The van der Waals surface area contributed by atoms with E-state index in [0.717, 1.165) is 0 Å². The van der Waals surface area contributed by atoms with E-state index in [1.807, 2.05) is 6.92 Å². The first-order valence-corrected chi connectivity index (χ1v) is 7.68. The number of hydrogen-bond donors (Lipinski definition) is 2. The summed E-state index contributed by atoms with van der Waals surface area (Å²) >= 11 is 0. The highest BCUT2D eigenvalue weighted by Crippen LogP contribution is 2.30. The van der Waals surface area contributed by atoms with Gasteiger partial charge in [-0.25, -0.2) is 4.39 Å². The van der Waals surface area contributed by atoms with Crippen LogP contribution in [0, 0.1) is 5.82 Å². The fourth-order valence-corrected chi connectivity index (χ4v) is 2.15. The Hall–Kier alpha value is -2.76. The number of halogens is 1. The number of ether oxygens (including phenoxy) is 2. The Bertz CT molecular complexity index is 706. The Morgan fingerprint density at radius 1 is 1.21 bits per heavy atom. The molecule has 5 nitrogen and oxygen atoms in total. The van der Waals surface area contributed by atoms with Gasteiger partial charge in [0.05, 0.1) is 19.4 Å². The zero-order valence-electron chi connectivity index (χ0n) is 13.9.